The Kier molecular flexibility index (Phi) is 6.10. The largest absolute Gasteiger partial charge is 0.465 e. The summed E-state index contributed by atoms with van der Waals surface area (Å²) in [5.74, 6) is -0.394. The van der Waals surface area contributed by atoms with Crippen molar-refractivity contribution in [3.63, 3.8) is 0 Å². The lowest BCUT2D eigenvalue weighted by Crippen LogP contribution is -2.07. The van der Waals surface area contributed by atoms with Gasteiger partial charge in [-0.15, -0.1) is 11.8 Å². The van der Waals surface area contributed by atoms with Gasteiger partial charge in [-0.2, -0.15) is 0 Å². The first-order valence-electron chi connectivity index (χ1n) is 5.48. The standard InChI is InChI=1S/C11H14N2O4S2/c1-4-17-9(14)6-19-11-10(13(15)16)8(18-3)5-7(2)12-11/h5H,4,6H2,1-3H3. The highest BCUT2D eigenvalue weighted by Gasteiger charge is 2.23. The number of ether oxygens (including phenoxy) is 1. The smallest absolute Gasteiger partial charge is 0.316 e. The van der Waals surface area contributed by atoms with Crippen molar-refractivity contribution in [1.82, 2.24) is 4.98 Å². The molecule has 0 atom stereocenters. The summed E-state index contributed by atoms with van der Waals surface area (Å²) in [7, 11) is 0. The van der Waals surface area contributed by atoms with Gasteiger partial charge in [-0.05, 0) is 26.2 Å². The molecule has 1 heterocycles. The summed E-state index contributed by atoms with van der Waals surface area (Å²) >= 11 is 2.31. The molecule has 0 aliphatic carbocycles. The van der Waals surface area contributed by atoms with Crippen molar-refractivity contribution in [3.05, 3.63) is 21.9 Å². The van der Waals surface area contributed by atoms with Crippen LogP contribution in [0.3, 0.4) is 0 Å². The van der Waals surface area contributed by atoms with Crippen LogP contribution in [0.5, 0.6) is 0 Å². The summed E-state index contributed by atoms with van der Waals surface area (Å²) in [6, 6.07) is 1.66. The summed E-state index contributed by atoms with van der Waals surface area (Å²) in [6.07, 6.45) is 1.77. The molecular formula is C11H14N2O4S2. The van der Waals surface area contributed by atoms with Gasteiger partial charge in [-0.25, -0.2) is 4.98 Å². The molecule has 1 aromatic heterocycles. The fraction of sp³-hybridized carbons (Fsp3) is 0.455. The van der Waals surface area contributed by atoms with Gasteiger partial charge in [0, 0.05) is 5.69 Å². The molecule has 6 nitrogen and oxygen atoms in total. The second-order valence-corrected chi connectivity index (χ2v) is 5.28. The second kappa shape index (κ2) is 7.34. The Morgan fingerprint density at radius 1 is 1.58 bits per heavy atom. The van der Waals surface area contributed by atoms with E-state index in [9.17, 15) is 14.9 Å². The van der Waals surface area contributed by atoms with E-state index in [1.54, 1.807) is 26.2 Å². The summed E-state index contributed by atoms with van der Waals surface area (Å²) < 4.78 is 4.79. The molecule has 0 aliphatic heterocycles. The lowest BCUT2D eigenvalue weighted by molar-refractivity contribution is -0.391. The highest BCUT2D eigenvalue weighted by molar-refractivity contribution is 8.00. The number of carbonyl (C=O) groups is 1. The normalized spacial score (nSPS) is 10.3. The minimum absolute atomic E-state index is 0.0129. The number of esters is 1. The molecule has 0 fully saturated rings. The maximum Gasteiger partial charge on any atom is 0.316 e. The highest BCUT2D eigenvalue weighted by atomic mass is 32.2. The Bertz CT molecular complexity index is 494. The quantitative estimate of drug-likeness (QED) is 0.346. The molecule has 104 valence electrons. The minimum atomic E-state index is -0.467. The average Bonchev–Trinajstić information content (AvgIpc) is 2.35. The van der Waals surface area contributed by atoms with Crippen molar-refractivity contribution in [2.75, 3.05) is 18.6 Å². The second-order valence-electron chi connectivity index (χ2n) is 3.47. The molecule has 0 saturated carbocycles. The Morgan fingerprint density at radius 3 is 2.79 bits per heavy atom. The van der Waals surface area contributed by atoms with Crippen LogP contribution in [-0.4, -0.2) is 34.5 Å². The SMILES string of the molecule is CCOC(=O)CSc1nc(C)cc(SC)c1[N+](=O)[O-]. The lowest BCUT2D eigenvalue weighted by Gasteiger charge is -2.06. The molecule has 8 heteroatoms. The molecule has 0 aromatic carbocycles. The number of aromatic nitrogens is 1. The molecule has 0 saturated heterocycles. The van der Waals surface area contributed by atoms with E-state index >= 15 is 0 Å². The molecule has 0 unspecified atom stereocenters. The van der Waals surface area contributed by atoms with Gasteiger partial charge in [0.25, 0.3) is 0 Å². The number of nitrogens with zero attached hydrogens (tertiary/aromatic N) is 2. The summed E-state index contributed by atoms with van der Waals surface area (Å²) in [5.41, 5.74) is 0.633. The van der Waals surface area contributed by atoms with E-state index in [2.05, 4.69) is 4.98 Å². The third-order valence-electron chi connectivity index (χ3n) is 2.09. The van der Waals surface area contributed by atoms with Crippen LogP contribution in [0, 0.1) is 17.0 Å². The fourth-order valence-electron chi connectivity index (χ4n) is 1.36. The van der Waals surface area contributed by atoms with Crippen molar-refractivity contribution in [3.8, 4) is 0 Å². The van der Waals surface area contributed by atoms with E-state index < -0.39 is 10.9 Å². The van der Waals surface area contributed by atoms with Gasteiger partial charge in [0.05, 0.1) is 22.2 Å². The van der Waals surface area contributed by atoms with E-state index in [1.165, 1.54) is 11.8 Å². The molecule has 0 radical (unpaired) electrons. The molecule has 1 aromatic rings. The van der Waals surface area contributed by atoms with Gasteiger partial charge in [-0.3, -0.25) is 14.9 Å². The number of rotatable bonds is 6. The van der Waals surface area contributed by atoms with Crippen molar-refractivity contribution in [2.24, 2.45) is 0 Å². The van der Waals surface area contributed by atoms with Crippen LogP contribution in [0.25, 0.3) is 0 Å². The molecule has 1 rings (SSSR count). The molecule has 19 heavy (non-hydrogen) atoms. The maximum atomic E-state index is 11.3. The number of thioether (sulfide) groups is 2. The first kappa shape index (κ1) is 15.8. The van der Waals surface area contributed by atoms with Gasteiger partial charge in [0.1, 0.15) is 0 Å². The number of hydrogen-bond acceptors (Lipinski definition) is 7. The van der Waals surface area contributed by atoms with Crippen LogP contribution in [0.4, 0.5) is 5.69 Å². The first-order valence-corrected chi connectivity index (χ1v) is 7.69. The zero-order chi connectivity index (χ0) is 14.4. The summed E-state index contributed by atoms with van der Waals surface area (Å²) in [4.78, 5) is 26.6. The van der Waals surface area contributed by atoms with Gasteiger partial charge < -0.3 is 4.74 Å². The topological polar surface area (TPSA) is 82.3 Å². The third-order valence-corrected chi connectivity index (χ3v) is 3.78. The third kappa shape index (κ3) is 4.39. The maximum absolute atomic E-state index is 11.3. The highest BCUT2D eigenvalue weighted by Crippen LogP contribution is 2.36. The van der Waals surface area contributed by atoms with E-state index in [0.29, 0.717) is 17.2 Å². The van der Waals surface area contributed by atoms with Crippen molar-refractivity contribution in [1.29, 1.82) is 0 Å². The number of pyridine rings is 1. The summed E-state index contributed by atoms with van der Waals surface area (Å²) in [5, 5.41) is 11.4. The Labute approximate surface area is 119 Å². The van der Waals surface area contributed by atoms with E-state index in [1.807, 2.05) is 0 Å². The number of nitro groups is 1. The molecule has 0 N–H and O–H groups in total. The van der Waals surface area contributed by atoms with Crippen LogP contribution in [0.15, 0.2) is 16.0 Å². The zero-order valence-electron chi connectivity index (χ0n) is 10.8. The van der Waals surface area contributed by atoms with Gasteiger partial charge in [-0.1, -0.05) is 11.8 Å². The van der Waals surface area contributed by atoms with Crippen molar-refractivity contribution >= 4 is 35.2 Å². The Balaban J connectivity index is 3.01. The first-order chi connectivity index (χ1) is 8.99. The predicted molar refractivity (Wildman–Crippen MR) is 74.8 cm³/mol. The minimum Gasteiger partial charge on any atom is -0.465 e. The Hall–Kier alpha value is -1.28. The predicted octanol–water partition coefficient (Wildman–Crippen LogP) is 2.68. The van der Waals surface area contributed by atoms with Crippen molar-refractivity contribution < 1.29 is 14.5 Å². The van der Waals surface area contributed by atoms with Crippen LogP contribution in [0.1, 0.15) is 12.6 Å². The molecular weight excluding hydrogens is 288 g/mol. The number of aryl methyl sites for hydroxylation is 1. The van der Waals surface area contributed by atoms with E-state index in [0.717, 1.165) is 11.8 Å². The van der Waals surface area contributed by atoms with Crippen LogP contribution in [-0.2, 0) is 9.53 Å². The molecule has 0 spiro atoms. The number of hydrogen-bond donors (Lipinski definition) is 0. The average molecular weight is 302 g/mol. The zero-order valence-corrected chi connectivity index (χ0v) is 12.5. The van der Waals surface area contributed by atoms with E-state index in [4.69, 9.17) is 4.74 Å². The lowest BCUT2D eigenvalue weighted by atomic mass is 10.3. The van der Waals surface area contributed by atoms with Gasteiger partial charge in [0.15, 0.2) is 5.03 Å². The van der Waals surface area contributed by atoms with Crippen LogP contribution >= 0.6 is 23.5 Å². The molecule has 0 aliphatic rings. The molecule has 0 bridgehead atoms. The van der Waals surface area contributed by atoms with Crippen LogP contribution < -0.4 is 0 Å². The van der Waals surface area contributed by atoms with Crippen LogP contribution in [0.2, 0.25) is 0 Å². The van der Waals surface area contributed by atoms with Gasteiger partial charge in [0.2, 0.25) is 0 Å². The fourth-order valence-corrected chi connectivity index (χ4v) is 2.95. The monoisotopic (exact) mass is 302 g/mol. The summed E-state index contributed by atoms with van der Waals surface area (Å²) in [6.45, 7) is 3.76. The van der Waals surface area contributed by atoms with Gasteiger partial charge >= 0.3 is 11.7 Å². The van der Waals surface area contributed by atoms with Crippen molar-refractivity contribution in [2.45, 2.75) is 23.8 Å². The molecule has 0 amide bonds. The van der Waals surface area contributed by atoms with E-state index in [-0.39, 0.29) is 16.5 Å². The Morgan fingerprint density at radius 2 is 2.26 bits per heavy atom. The number of carbonyl (C=O) groups excluding carboxylic acids is 1.